The molecular formula is C31H41NO16. The molecule has 3 heterocycles. The Kier molecular flexibility index (Phi) is 12.7. The molecule has 1 amide bonds. The van der Waals surface area contributed by atoms with Crippen LogP contribution in [-0.2, 0) is 71.3 Å². The molecule has 3 aliphatic heterocycles. The number of amides is 1. The lowest BCUT2D eigenvalue weighted by Crippen LogP contribution is -2.70. The van der Waals surface area contributed by atoms with Crippen LogP contribution in [0.5, 0.6) is 5.75 Å². The van der Waals surface area contributed by atoms with Crippen LogP contribution in [0.15, 0.2) is 24.3 Å². The lowest BCUT2D eigenvalue weighted by molar-refractivity contribution is -0.376. The first-order chi connectivity index (χ1) is 22.8. The van der Waals surface area contributed by atoms with Gasteiger partial charge in [-0.15, -0.1) is 0 Å². The summed E-state index contributed by atoms with van der Waals surface area (Å²) < 4.78 is 63.7. The maximum Gasteiger partial charge on any atom is 0.303 e. The first-order valence-electron chi connectivity index (χ1n) is 15.1. The van der Waals surface area contributed by atoms with E-state index in [1.807, 2.05) is 0 Å². The second-order valence-corrected chi connectivity index (χ2v) is 11.2. The molecule has 48 heavy (non-hydrogen) atoms. The molecule has 3 fully saturated rings. The van der Waals surface area contributed by atoms with E-state index < -0.39 is 104 Å². The second kappa shape index (κ2) is 16.5. The van der Waals surface area contributed by atoms with Gasteiger partial charge in [0.25, 0.3) is 0 Å². The van der Waals surface area contributed by atoms with E-state index in [4.69, 9.17) is 52.1 Å². The molecule has 0 spiro atoms. The van der Waals surface area contributed by atoms with Gasteiger partial charge in [0.1, 0.15) is 42.8 Å². The van der Waals surface area contributed by atoms with Gasteiger partial charge < -0.3 is 57.4 Å². The third kappa shape index (κ3) is 9.18. The van der Waals surface area contributed by atoms with Gasteiger partial charge in [0, 0.05) is 47.3 Å². The van der Waals surface area contributed by atoms with Crippen LogP contribution < -0.4 is 10.1 Å². The van der Waals surface area contributed by atoms with Crippen LogP contribution in [0.2, 0.25) is 0 Å². The molecule has 0 bridgehead atoms. The normalized spacial score (nSPS) is 32.9. The topological polar surface area (TPSA) is 199 Å². The van der Waals surface area contributed by atoms with E-state index in [9.17, 15) is 24.0 Å². The predicted molar refractivity (Wildman–Crippen MR) is 157 cm³/mol. The Morgan fingerprint density at radius 1 is 0.750 bits per heavy atom. The monoisotopic (exact) mass is 683 g/mol. The van der Waals surface area contributed by atoms with Gasteiger partial charge in [0.05, 0.1) is 13.7 Å². The van der Waals surface area contributed by atoms with E-state index in [1.54, 1.807) is 24.3 Å². The molecule has 17 nitrogen and oxygen atoms in total. The third-order valence-electron chi connectivity index (χ3n) is 7.57. The smallest absolute Gasteiger partial charge is 0.303 e. The van der Waals surface area contributed by atoms with Crippen LogP contribution >= 0.6 is 0 Å². The molecule has 0 aliphatic carbocycles. The van der Waals surface area contributed by atoms with E-state index in [1.165, 1.54) is 21.1 Å². The zero-order valence-electron chi connectivity index (χ0n) is 27.6. The number of rotatable bonds is 11. The van der Waals surface area contributed by atoms with Crippen molar-refractivity contribution in [1.29, 1.82) is 0 Å². The van der Waals surface area contributed by atoms with Gasteiger partial charge in [-0.3, -0.25) is 24.0 Å². The van der Waals surface area contributed by atoms with Crippen molar-refractivity contribution in [2.24, 2.45) is 0 Å². The Morgan fingerprint density at radius 3 is 1.94 bits per heavy atom. The zero-order chi connectivity index (χ0) is 35.1. The summed E-state index contributed by atoms with van der Waals surface area (Å²) in [5, 5.41) is 2.77. The predicted octanol–water partition coefficient (Wildman–Crippen LogP) is 0.454. The van der Waals surface area contributed by atoms with E-state index in [-0.39, 0.29) is 6.61 Å². The molecular weight excluding hydrogens is 642 g/mol. The van der Waals surface area contributed by atoms with Gasteiger partial charge in [-0.05, 0) is 12.1 Å². The highest BCUT2D eigenvalue weighted by Crippen LogP contribution is 2.38. The van der Waals surface area contributed by atoms with E-state index in [2.05, 4.69) is 5.32 Å². The van der Waals surface area contributed by atoms with Gasteiger partial charge in [-0.25, -0.2) is 0 Å². The first kappa shape index (κ1) is 37.0. The quantitative estimate of drug-likeness (QED) is 0.249. The number of carbonyl (C=O) groups is 5. The average molecular weight is 684 g/mol. The molecule has 3 saturated heterocycles. The fourth-order valence-corrected chi connectivity index (χ4v) is 5.71. The van der Waals surface area contributed by atoms with Gasteiger partial charge in [0.2, 0.25) is 5.91 Å². The summed E-state index contributed by atoms with van der Waals surface area (Å²) in [5.41, 5.74) is 0.644. The van der Waals surface area contributed by atoms with Crippen LogP contribution in [-0.4, -0.2) is 119 Å². The number of ether oxygens (including phenoxy) is 11. The Labute approximate surface area is 276 Å². The number of esters is 4. The molecule has 0 saturated carbocycles. The number of benzene rings is 1. The van der Waals surface area contributed by atoms with Crippen molar-refractivity contribution in [2.75, 3.05) is 27.4 Å². The van der Waals surface area contributed by atoms with Crippen LogP contribution in [0.1, 0.15) is 46.5 Å². The highest BCUT2D eigenvalue weighted by molar-refractivity contribution is 5.73. The number of hydrogen-bond donors (Lipinski definition) is 1. The number of nitrogens with one attached hydrogen (secondary N) is 1. The second-order valence-electron chi connectivity index (χ2n) is 11.2. The maximum atomic E-state index is 12.4. The summed E-state index contributed by atoms with van der Waals surface area (Å²) in [6, 6.07) is 5.95. The highest BCUT2D eigenvalue weighted by Gasteiger charge is 2.57. The number of carbonyl (C=O) groups excluding carboxylic acids is 5. The third-order valence-corrected chi connectivity index (χ3v) is 7.57. The largest absolute Gasteiger partial charge is 0.497 e. The van der Waals surface area contributed by atoms with E-state index in [0.717, 1.165) is 27.7 Å². The van der Waals surface area contributed by atoms with Crippen LogP contribution in [0.3, 0.4) is 0 Å². The van der Waals surface area contributed by atoms with Gasteiger partial charge in [-0.1, -0.05) is 12.1 Å². The summed E-state index contributed by atoms with van der Waals surface area (Å²) in [4.78, 5) is 61.0. The molecule has 266 valence electrons. The molecule has 11 atom stereocenters. The summed E-state index contributed by atoms with van der Waals surface area (Å²) in [7, 11) is 2.91. The Hall–Kier alpha value is -3.87. The van der Waals surface area contributed by atoms with Gasteiger partial charge >= 0.3 is 23.9 Å². The summed E-state index contributed by atoms with van der Waals surface area (Å²) in [5.74, 6) is -2.92. The highest BCUT2D eigenvalue weighted by atomic mass is 16.8. The molecule has 1 aromatic rings. The fraction of sp³-hybridized carbons (Fsp3) is 0.645. The lowest BCUT2D eigenvalue weighted by atomic mass is 9.94. The molecule has 1 aromatic carbocycles. The van der Waals surface area contributed by atoms with Crippen molar-refractivity contribution >= 4 is 29.8 Å². The summed E-state index contributed by atoms with van der Waals surface area (Å²) in [6.45, 7) is 5.34. The zero-order valence-corrected chi connectivity index (χ0v) is 27.6. The summed E-state index contributed by atoms with van der Waals surface area (Å²) in [6.07, 6.45) is -12.1. The van der Waals surface area contributed by atoms with Crippen molar-refractivity contribution in [3.8, 4) is 5.75 Å². The SMILES string of the molecule is COc1ccc(C2OC[C@H]3O[C@H](OC)[C@H](NC(C)=O)[C@@H](O[C@H]4O[C@@H](COC(C)=O)[C@@H](OC(C)=O)[C@@H](OC(C)=O)[C@@H]4OC(C)=O)[C@H]3O2)cc1. The standard InChI is InChI=1S/C31H41NO16/c1-14(33)32-23-26(24-22(45-30(23)39-7)13-41-29(47-24)19-8-10-20(38-6)11-9-19)48-31-28(44-18(5)37)27(43-17(4)36)25(42-16(3)35)21(46-31)12-40-15(2)34/h8-11,21-31H,12-13H2,1-7H3,(H,32,33)/t21-,22+,23+,24-,25+,26+,27+,28-,29?,30-,31+/m0/s1. The van der Waals surface area contributed by atoms with Crippen molar-refractivity contribution < 1.29 is 76.1 Å². The van der Waals surface area contributed by atoms with Crippen molar-refractivity contribution in [3.05, 3.63) is 29.8 Å². The Morgan fingerprint density at radius 2 is 1.38 bits per heavy atom. The minimum Gasteiger partial charge on any atom is -0.497 e. The number of methoxy groups -OCH3 is 2. The maximum absolute atomic E-state index is 12.4. The first-order valence-corrected chi connectivity index (χ1v) is 15.1. The fourth-order valence-electron chi connectivity index (χ4n) is 5.71. The van der Waals surface area contributed by atoms with Gasteiger partial charge in [-0.2, -0.15) is 0 Å². The molecule has 3 aliphatic rings. The average Bonchev–Trinajstić information content (AvgIpc) is 3.02. The van der Waals surface area contributed by atoms with E-state index in [0.29, 0.717) is 11.3 Å². The minimum atomic E-state index is -1.57. The Balaban J connectivity index is 1.76. The van der Waals surface area contributed by atoms with E-state index >= 15 is 0 Å². The number of hydrogen-bond acceptors (Lipinski definition) is 16. The van der Waals surface area contributed by atoms with Crippen molar-refractivity contribution in [3.63, 3.8) is 0 Å². The minimum absolute atomic E-state index is 0.0203. The van der Waals surface area contributed by atoms with Crippen molar-refractivity contribution in [1.82, 2.24) is 5.32 Å². The van der Waals surface area contributed by atoms with Crippen LogP contribution in [0.25, 0.3) is 0 Å². The lowest BCUT2D eigenvalue weighted by Gasteiger charge is -2.51. The summed E-state index contributed by atoms with van der Waals surface area (Å²) >= 11 is 0. The van der Waals surface area contributed by atoms with Crippen LogP contribution in [0.4, 0.5) is 0 Å². The van der Waals surface area contributed by atoms with Crippen LogP contribution in [0, 0.1) is 0 Å². The molecule has 4 rings (SSSR count). The van der Waals surface area contributed by atoms with Gasteiger partial charge in [0.15, 0.2) is 37.2 Å². The molecule has 0 aromatic heterocycles. The molecule has 17 heteroatoms. The molecule has 1 N–H and O–H groups in total. The Bertz CT molecular complexity index is 1310. The number of fused-ring (bicyclic) bond motifs is 1. The molecule has 0 radical (unpaired) electrons. The molecule has 1 unspecified atom stereocenters. The van der Waals surface area contributed by atoms with Crippen molar-refractivity contribution in [2.45, 2.75) is 102 Å².